The van der Waals surface area contributed by atoms with Crippen molar-refractivity contribution in [2.75, 3.05) is 18.1 Å². The van der Waals surface area contributed by atoms with Crippen LogP contribution in [0.25, 0.3) is 0 Å². The zero-order valence-corrected chi connectivity index (χ0v) is 10.9. The van der Waals surface area contributed by atoms with Crippen LogP contribution in [0, 0.1) is 11.3 Å². The smallest absolute Gasteiger partial charge is 0.101 e. The average Bonchev–Trinajstić information content (AvgIpc) is 2.86. The van der Waals surface area contributed by atoms with Crippen LogP contribution < -0.4 is 5.32 Å². The largest absolute Gasteiger partial charge is 0.381 e. The Morgan fingerprint density at radius 3 is 2.94 bits per heavy atom. The first-order valence-corrected chi connectivity index (χ1v) is 7.15. The number of rotatable bonds is 4. The Morgan fingerprint density at radius 2 is 2.29 bits per heavy atom. The number of aromatic nitrogens is 1. The molecule has 90 valence electrons. The number of thioether (sulfide) groups is 1. The van der Waals surface area contributed by atoms with Crippen molar-refractivity contribution in [3.8, 4) is 6.07 Å². The monoisotopic (exact) mass is 247 g/mol. The van der Waals surface area contributed by atoms with E-state index in [0.717, 1.165) is 12.2 Å². The molecule has 0 bridgehead atoms. The molecule has 1 aromatic heterocycles. The second-order valence-corrected chi connectivity index (χ2v) is 5.76. The van der Waals surface area contributed by atoms with Crippen LogP contribution in [0.3, 0.4) is 0 Å². The van der Waals surface area contributed by atoms with E-state index >= 15 is 0 Å². The third-order valence-electron chi connectivity index (χ3n) is 3.49. The van der Waals surface area contributed by atoms with E-state index in [2.05, 4.69) is 22.6 Å². The Morgan fingerprint density at radius 1 is 1.53 bits per heavy atom. The molecular formula is C13H17N3S. The lowest BCUT2D eigenvalue weighted by molar-refractivity contribution is 0.639. The Kier molecular flexibility index (Phi) is 3.90. The first kappa shape index (κ1) is 12.3. The van der Waals surface area contributed by atoms with Gasteiger partial charge >= 0.3 is 0 Å². The Balaban J connectivity index is 2.04. The van der Waals surface area contributed by atoms with E-state index < -0.39 is 0 Å². The van der Waals surface area contributed by atoms with Gasteiger partial charge in [-0.3, -0.25) is 4.98 Å². The van der Waals surface area contributed by atoms with Gasteiger partial charge in [0.1, 0.15) is 6.07 Å². The van der Waals surface area contributed by atoms with Crippen LogP contribution in [-0.2, 0) is 0 Å². The number of nitriles is 1. The molecule has 0 saturated heterocycles. The standard InChI is InChI=1S/C13H17N3S/c1-17-13(5-2-3-6-13)10-16-12-9-15-7-4-11(12)8-14/h4,7,9,16H,2-3,5-6,10H2,1H3. The van der Waals surface area contributed by atoms with Crippen LogP contribution in [0.15, 0.2) is 18.5 Å². The van der Waals surface area contributed by atoms with Crippen molar-refractivity contribution in [2.24, 2.45) is 0 Å². The van der Waals surface area contributed by atoms with Crippen molar-refractivity contribution in [2.45, 2.75) is 30.4 Å². The summed E-state index contributed by atoms with van der Waals surface area (Å²) in [5, 5.41) is 12.4. The van der Waals surface area contributed by atoms with Gasteiger partial charge in [0.05, 0.1) is 17.4 Å². The molecule has 2 rings (SSSR count). The van der Waals surface area contributed by atoms with E-state index in [1.807, 2.05) is 11.8 Å². The maximum Gasteiger partial charge on any atom is 0.101 e. The van der Waals surface area contributed by atoms with Gasteiger partial charge in [0.2, 0.25) is 0 Å². The van der Waals surface area contributed by atoms with Gasteiger partial charge in [0.15, 0.2) is 0 Å². The molecule has 1 heterocycles. The lowest BCUT2D eigenvalue weighted by Gasteiger charge is -2.27. The average molecular weight is 247 g/mol. The molecule has 1 aromatic rings. The topological polar surface area (TPSA) is 48.7 Å². The Labute approximate surface area is 107 Å². The number of nitrogens with one attached hydrogen (secondary N) is 1. The van der Waals surface area contributed by atoms with Gasteiger partial charge in [-0.2, -0.15) is 17.0 Å². The second-order valence-electron chi connectivity index (χ2n) is 4.48. The van der Waals surface area contributed by atoms with Gasteiger partial charge in [-0.25, -0.2) is 0 Å². The molecule has 0 atom stereocenters. The van der Waals surface area contributed by atoms with Crippen LogP contribution in [0.5, 0.6) is 0 Å². The van der Waals surface area contributed by atoms with Crippen molar-refractivity contribution in [3.63, 3.8) is 0 Å². The molecule has 0 aromatic carbocycles. The van der Waals surface area contributed by atoms with Gasteiger partial charge in [-0.05, 0) is 25.2 Å². The number of hydrogen-bond acceptors (Lipinski definition) is 4. The Hall–Kier alpha value is -1.21. The zero-order valence-electron chi connectivity index (χ0n) is 10.1. The first-order chi connectivity index (χ1) is 8.29. The Bertz CT molecular complexity index is 419. The summed E-state index contributed by atoms with van der Waals surface area (Å²) in [6.45, 7) is 0.925. The van der Waals surface area contributed by atoms with Gasteiger partial charge in [0, 0.05) is 17.5 Å². The lowest BCUT2D eigenvalue weighted by atomic mass is 10.1. The number of pyridine rings is 1. The van der Waals surface area contributed by atoms with Crippen molar-refractivity contribution in [3.05, 3.63) is 24.0 Å². The van der Waals surface area contributed by atoms with Crippen LogP contribution in [0.1, 0.15) is 31.2 Å². The van der Waals surface area contributed by atoms with Gasteiger partial charge in [0.25, 0.3) is 0 Å². The summed E-state index contributed by atoms with van der Waals surface area (Å²) in [4.78, 5) is 4.07. The predicted molar refractivity (Wildman–Crippen MR) is 72.2 cm³/mol. The molecular weight excluding hydrogens is 230 g/mol. The first-order valence-electron chi connectivity index (χ1n) is 5.93. The normalized spacial score (nSPS) is 17.6. The van der Waals surface area contributed by atoms with Crippen molar-refractivity contribution < 1.29 is 0 Å². The highest BCUT2D eigenvalue weighted by molar-refractivity contribution is 8.00. The fourth-order valence-corrected chi connectivity index (χ4v) is 3.27. The molecule has 0 spiro atoms. The van der Waals surface area contributed by atoms with Gasteiger partial charge < -0.3 is 5.32 Å². The molecule has 0 radical (unpaired) electrons. The molecule has 17 heavy (non-hydrogen) atoms. The molecule has 1 saturated carbocycles. The van der Waals surface area contributed by atoms with Gasteiger partial charge in [-0.1, -0.05) is 12.8 Å². The predicted octanol–water partition coefficient (Wildman–Crippen LogP) is 3.04. The van der Waals surface area contributed by atoms with Crippen LogP contribution in [0.2, 0.25) is 0 Å². The molecule has 3 nitrogen and oxygen atoms in total. The molecule has 0 amide bonds. The van der Waals surface area contributed by atoms with E-state index in [0.29, 0.717) is 10.3 Å². The molecule has 1 aliphatic carbocycles. The summed E-state index contributed by atoms with van der Waals surface area (Å²) in [6, 6.07) is 3.94. The highest BCUT2D eigenvalue weighted by Gasteiger charge is 2.32. The highest BCUT2D eigenvalue weighted by atomic mass is 32.2. The van der Waals surface area contributed by atoms with Crippen molar-refractivity contribution in [1.29, 1.82) is 5.26 Å². The van der Waals surface area contributed by atoms with E-state index in [1.54, 1.807) is 18.5 Å². The highest BCUT2D eigenvalue weighted by Crippen LogP contribution is 2.40. The zero-order chi connectivity index (χ0) is 12.1. The molecule has 1 fully saturated rings. The molecule has 1 N–H and O–H groups in total. The summed E-state index contributed by atoms with van der Waals surface area (Å²) in [5.41, 5.74) is 1.53. The second kappa shape index (κ2) is 5.42. The van der Waals surface area contributed by atoms with Crippen LogP contribution in [0.4, 0.5) is 5.69 Å². The molecule has 1 aliphatic rings. The van der Waals surface area contributed by atoms with E-state index in [1.165, 1.54) is 25.7 Å². The summed E-state index contributed by atoms with van der Waals surface area (Å²) >= 11 is 1.95. The summed E-state index contributed by atoms with van der Waals surface area (Å²) in [7, 11) is 0. The quantitative estimate of drug-likeness (QED) is 0.888. The maximum absolute atomic E-state index is 9.01. The maximum atomic E-state index is 9.01. The van der Waals surface area contributed by atoms with Gasteiger partial charge in [-0.15, -0.1) is 0 Å². The van der Waals surface area contributed by atoms with E-state index in [-0.39, 0.29) is 0 Å². The lowest BCUT2D eigenvalue weighted by Crippen LogP contribution is -2.30. The summed E-state index contributed by atoms with van der Waals surface area (Å²) in [6.07, 6.45) is 10.8. The molecule has 0 aliphatic heterocycles. The minimum Gasteiger partial charge on any atom is -0.381 e. The molecule has 4 heteroatoms. The van der Waals surface area contributed by atoms with Crippen molar-refractivity contribution in [1.82, 2.24) is 4.98 Å². The van der Waals surface area contributed by atoms with E-state index in [9.17, 15) is 0 Å². The van der Waals surface area contributed by atoms with Crippen LogP contribution >= 0.6 is 11.8 Å². The third-order valence-corrected chi connectivity index (χ3v) is 4.91. The SMILES string of the molecule is CSC1(CNc2cnccc2C#N)CCCC1. The fourth-order valence-electron chi connectivity index (χ4n) is 2.36. The number of anilines is 1. The minimum atomic E-state index is 0.350. The van der Waals surface area contributed by atoms with Crippen molar-refractivity contribution >= 4 is 17.4 Å². The number of nitrogens with zero attached hydrogens (tertiary/aromatic N) is 2. The van der Waals surface area contributed by atoms with E-state index in [4.69, 9.17) is 5.26 Å². The molecule has 0 unspecified atom stereocenters. The van der Waals surface area contributed by atoms with Crippen LogP contribution in [-0.4, -0.2) is 22.5 Å². The summed E-state index contributed by atoms with van der Waals surface area (Å²) < 4.78 is 0.350. The summed E-state index contributed by atoms with van der Waals surface area (Å²) in [5.74, 6) is 0. The minimum absolute atomic E-state index is 0.350. The fraction of sp³-hybridized carbons (Fsp3) is 0.538. The third kappa shape index (κ3) is 2.73. The number of hydrogen-bond donors (Lipinski definition) is 1.